The minimum absolute atomic E-state index is 0.0877. The van der Waals surface area contributed by atoms with Crippen LogP contribution < -0.4 is 9.46 Å². The molecule has 0 saturated heterocycles. The number of rotatable bonds is 6. The van der Waals surface area contributed by atoms with Crippen LogP contribution in [0.25, 0.3) is 0 Å². The van der Waals surface area contributed by atoms with E-state index < -0.39 is 28.1 Å². The molecule has 3 N–H and O–H groups in total. The summed E-state index contributed by atoms with van der Waals surface area (Å²) in [4.78, 5) is 10.7. The predicted octanol–water partition coefficient (Wildman–Crippen LogP) is -0.192. The van der Waals surface area contributed by atoms with Gasteiger partial charge >= 0.3 is 5.97 Å². The van der Waals surface area contributed by atoms with Gasteiger partial charge in [-0.05, 0) is 19.1 Å². The van der Waals surface area contributed by atoms with E-state index in [1.807, 2.05) is 4.72 Å². The molecule has 0 heterocycles. The van der Waals surface area contributed by atoms with Crippen molar-refractivity contribution in [1.29, 1.82) is 0 Å². The second-order valence-electron chi connectivity index (χ2n) is 3.83. The van der Waals surface area contributed by atoms with Crippen LogP contribution in [0.1, 0.15) is 6.92 Å². The van der Waals surface area contributed by atoms with Gasteiger partial charge in [0, 0.05) is 0 Å². The molecule has 0 bridgehead atoms. The molecule has 1 aromatic carbocycles. The number of hydrogen-bond acceptors (Lipinski definition) is 5. The summed E-state index contributed by atoms with van der Waals surface area (Å²) in [5.74, 6) is -1.38. The molecule has 1 rings (SSSR count). The Morgan fingerprint density at radius 1 is 1.37 bits per heavy atom. The maximum Gasteiger partial charge on any atom is 0.324 e. The van der Waals surface area contributed by atoms with Gasteiger partial charge in [0.1, 0.15) is 16.7 Å². The van der Waals surface area contributed by atoms with Gasteiger partial charge in [0.15, 0.2) is 0 Å². The molecule has 0 aromatic heterocycles. The van der Waals surface area contributed by atoms with E-state index in [9.17, 15) is 18.3 Å². The first-order valence-electron chi connectivity index (χ1n) is 5.36. The first-order chi connectivity index (χ1) is 8.79. The molecule has 0 spiro atoms. The Labute approximate surface area is 110 Å². The molecule has 8 heteroatoms. The smallest absolute Gasteiger partial charge is 0.324 e. The van der Waals surface area contributed by atoms with Crippen molar-refractivity contribution in [2.24, 2.45) is 0 Å². The van der Waals surface area contributed by atoms with Crippen LogP contribution in [0.3, 0.4) is 0 Å². The number of carboxylic acids is 1. The molecule has 2 atom stereocenters. The number of ether oxygens (including phenoxy) is 1. The maximum atomic E-state index is 12.1. The normalized spacial score (nSPS) is 14.7. The molecule has 0 aliphatic rings. The van der Waals surface area contributed by atoms with E-state index in [4.69, 9.17) is 9.84 Å². The zero-order valence-corrected chi connectivity index (χ0v) is 11.2. The van der Waals surface area contributed by atoms with Crippen molar-refractivity contribution < 1.29 is 28.2 Å². The molecule has 0 aliphatic heterocycles. The molecule has 1 aromatic rings. The third-order valence-corrected chi connectivity index (χ3v) is 3.87. The summed E-state index contributed by atoms with van der Waals surface area (Å²) < 4.78 is 31.0. The summed E-state index contributed by atoms with van der Waals surface area (Å²) >= 11 is 0. The highest BCUT2D eigenvalue weighted by Crippen LogP contribution is 2.22. The lowest BCUT2D eigenvalue weighted by Crippen LogP contribution is -2.47. The molecule has 19 heavy (non-hydrogen) atoms. The fraction of sp³-hybridized carbons (Fsp3) is 0.364. The van der Waals surface area contributed by atoms with Gasteiger partial charge in [-0.3, -0.25) is 4.79 Å². The minimum Gasteiger partial charge on any atom is -0.495 e. The number of nitrogens with one attached hydrogen (secondary N) is 1. The number of sulfonamides is 1. The highest BCUT2D eigenvalue weighted by molar-refractivity contribution is 7.89. The summed E-state index contributed by atoms with van der Waals surface area (Å²) in [7, 11) is -2.80. The highest BCUT2D eigenvalue weighted by Gasteiger charge is 2.30. The molecule has 106 valence electrons. The first kappa shape index (κ1) is 15.4. The van der Waals surface area contributed by atoms with Crippen LogP contribution in [0, 0.1) is 0 Å². The van der Waals surface area contributed by atoms with E-state index >= 15 is 0 Å². The fourth-order valence-corrected chi connectivity index (χ4v) is 2.86. The van der Waals surface area contributed by atoms with Crippen molar-refractivity contribution in [2.75, 3.05) is 7.11 Å². The molecular formula is C11H15NO6S. The van der Waals surface area contributed by atoms with E-state index in [-0.39, 0.29) is 10.6 Å². The molecule has 0 radical (unpaired) electrons. The number of aliphatic hydroxyl groups is 1. The number of aliphatic carboxylic acids is 1. The van der Waals surface area contributed by atoms with Gasteiger partial charge in [-0.25, -0.2) is 8.42 Å². The number of methoxy groups -OCH3 is 1. The molecule has 0 amide bonds. The lowest BCUT2D eigenvalue weighted by Gasteiger charge is -2.18. The zero-order chi connectivity index (χ0) is 14.6. The monoisotopic (exact) mass is 289 g/mol. The molecular weight excluding hydrogens is 274 g/mol. The van der Waals surface area contributed by atoms with Crippen LogP contribution in [-0.4, -0.2) is 43.9 Å². The first-order valence-corrected chi connectivity index (χ1v) is 6.84. The van der Waals surface area contributed by atoms with Gasteiger partial charge in [-0.15, -0.1) is 0 Å². The van der Waals surface area contributed by atoms with Crippen molar-refractivity contribution in [2.45, 2.75) is 24.0 Å². The maximum absolute atomic E-state index is 12.1. The standard InChI is InChI=1S/C11H15NO6S/c1-7(13)10(11(14)15)12-19(16,17)9-6-4-3-5-8(9)18-2/h3-7,10,12-13H,1-2H3,(H,14,15)/t7-,10+/m1/s1. The van der Waals surface area contributed by atoms with Gasteiger partial charge in [0.2, 0.25) is 10.0 Å². The van der Waals surface area contributed by atoms with Gasteiger partial charge in [-0.1, -0.05) is 12.1 Å². The number of carbonyl (C=O) groups is 1. The van der Waals surface area contributed by atoms with Crippen LogP contribution in [0.2, 0.25) is 0 Å². The summed E-state index contributed by atoms with van der Waals surface area (Å²) in [5, 5.41) is 18.1. The average molecular weight is 289 g/mol. The second-order valence-corrected chi connectivity index (χ2v) is 5.51. The lowest BCUT2D eigenvalue weighted by molar-refractivity contribution is -0.141. The zero-order valence-electron chi connectivity index (χ0n) is 10.4. The Bertz CT molecular complexity index is 554. The summed E-state index contributed by atoms with van der Waals surface area (Å²) in [5.41, 5.74) is 0. The number of aliphatic hydroxyl groups excluding tert-OH is 1. The Hall–Kier alpha value is -1.64. The highest BCUT2D eigenvalue weighted by atomic mass is 32.2. The van der Waals surface area contributed by atoms with Crippen molar-refractivity contribution in [3.63, 3.8) is 0 Å². The Balaban J connectivity index is 3.14. The SMILES string of the molecule is COc1ccccc1S(=O)(=O)N[C@H](C(=O)O)[C@@H](C)O. The Kier molecular flexibility index (Phi) is 4.87. The van der Waals surface area contributed by atoms with Crippen molar-refractivity contribution in [3.05, 3.63) is 24.3 Å². The Morgan fingerprint density at radius 3 is 2.42 bits per heavy atom. The number of carboxylic acid groups (broad SMARTS) is 1. The third kappa shape index (κ3) is 3.66. The summed E-state index contributed by atoms with van der Waals surface area (Å²) in [6.07, 6.45) is -1.37. The van der Waals surface area contributed by atoms with Gasteiger partial charge in [0.05, 0.1) is 13.2 Å². The van der Waals surface area contributed by atoms with Crippen LogP contribution >= 0.6 is 0 Å². The van der Waals surface area contributed by atoms with Crippen molar-refractivity contribution in [3.8, 4) is 5.75 Å². The van der Waals surface area contributed by atoms with E-state index in [1.165, 1.54) is 32.2 Å². The van der Waals surface area contributed by atoms with Gasteiger partial charge < -0.3 is 14.9 Å². The molecule has 7 nitrogen and oxygen atoms in total. The fourth-order valence-electron chi connectivity index (χ4n) is 1.43. The summed E-state index contributed by atoms with van der Waals surface area (Å²) in [6.45, 7) is 1.18. The Morgan fingerprint density at radius 2 is 1.95 bits per heavy atom. The van der Waals surface area contributed by atoms with Crippen molar-refractivity contribution in [1.82, 2.24) is 4.72 Å². The lowest BCUT2D eigenvalue weighted by atomic mass is 10.2. The van der Waals surface area contributed by atoms with Crippen LogP contribution in [0.4, 0.5) is 0 Å². The topological polar surface area (TPSA) is 113 Å². The van der Waals surface area contributed by atoms with E-state index in [1.54, 1.807) is 6.07 Å². The number of para-hydroxylation sites is 1. The van der Waals surface area contributed by atoms with Crippen LogP contribution in [0.5, 0.6) is 5.75 Å². The molecule has 0 saturated carbocycles. The predicted molar refractivity (Wildman–Crippen MR) is 66.4 cm³/mol. The quantitative estimate of drug-likeness (QED) is 0.669. The molecule has 0 fully saturated rings. The van der Waals surface area contributed by atoms with Crippen LogP contribution in [0.15, 0.2) is 29.2 Å². The average Bonchev–Trinajstić information content (AvgIpc) is 2.35. The molecule has 0 unspecified atom stereocenters. The van der Waals surface area contributed by atoms with Crippen LogP contribution in [-0.2, 0) is 14.8 Å². The van der Waals surface area contributed by atoms with Gasteiger partial charge in [-0.2, -0.15) is 4.72 Å². The second kappa shape index (κ2) is 6.00. The number of benzene rings is 1. The van der Waals surface area contributed by atoms with E-state index in [2.05, 4.69) is 0 Å². The summed E-state index contributed by atoms with van der Waals surface area (Å²) in [6, 6.07) is 4.15. The van der Waals surface area contributed by atoms with E-state index in [0.717, 1.165) is 0 Å². The third-order valence-electron chi connectivity index (χ3n) is 2.39. The number of hydrogen-bond donors (Lipinski definition) is 3. The minimum atomic E-state index is -4.11. The van der Waals surface area contributed by atoms with Crippen molar-refractivity contribution >= 4 is 16.0 Å². The molecule has 0 aliphatic carbocycles. The largest absolute Gasteiger partial charge is 0.495 e. The van der Waals surface area contributed by atoms with E-state index in [0.29, 0.717) is 0 Å². The van der Waals surface area contributed by atoms with Gasteiger partial charge in [0.25, 0.3) is 0 Å².